The fourth-order valence-electron chi connectivity index (χ4n) is 7.14. The predicted molar refractivity (Wildman–Crippen MR) is 131 cm³/mol. The first-order chi connectivity index (χ1) is 15.6. The van der Waals surface area contributed by atoms with E-state index in [4.69, 9.17) is 4.74 Å². The minimum Gasteiger partial charge on any atom is -0.454 e. The van der Waals surface area contributed by atoms with E-state index in [1.165, 1.54) is 94.7 Å². The molecule has 5 heterocycles. The molecule has 0 aromatic carbocycles. The summed E-state index contributed by atoms with van der Waals surface area (Å²) in [4.78, 5) is 17.4. The molecule has 4 aliphatic heterocycles. The van der Waals surface area contributed by atoms with Gasteiger partial charge in [0.2, 0.25) is 0 Å². The third kappa shape index (κ3) is 4.54. The highest BCUT2D eigenvalue weighted by Crippen LogP contribution is 2.40. The summed E-state index contributed by atoms with van der Waals surface area (Å²) in [7, 11) is 0. The molecule has 0 radical (unpaired) electrons. The zero-order chi connectivity index (χ0) is 22.0. The Kier molecular flexibility index (Phi) is 6.97. The number of hydrogen-bond donors (Lipinski definition) is 0. The quantitative estimate of drug-likeness (QED) is 0.394. The second kappa shape index (κ2) is 9.76. The number of likely N-dealkylation sites (tertiary alicyclic amines) is 1. The molecule has 0 amide bonds. The number of quaternary nitrogens is 1. The summed E-state index contributed by atoms with van der Waals surface area (Å²) in [5.74, 6) is 1.52. The molecule has 5 fully saturated rings. The first-order valence-corrected chi connectivity index (χ1v) is 14.3. The lowest BCUT2D eigenvalue weighted by Crippen LogP contribution is -2.65. The molecule has 1 unspecified atom stereocenters. The van der Waals surface area contributed by atoms with Crippen molar-refractivity contribution in [3.05, 3.63) is 22.4 Å². The summed E-state index contributed by atoms with van der Waals surface area (Å²) in [5, 5.41) is 2.10. The van der Waals surface area contributed by atoms with Crippen LogP contribution in [0.25, 0.3) is 0 Å². The van der Waals surface area contributed by atoms with Crippen molar-refractivity contribution < 1.29 is 14.0 Å². The molecule has 5 aliphatic rings. The van der Waals surface area contributed by atoms with Crippen molar-refractivity contribution in [1.29, 1.82) is 0 Å². The zero-order valence-corrected chi connectivity index (χ0v) is 20.9. The lowest BCUT2D eigenvalue weighted by molar-refractivity contribution is -0.946. The normalized spacial score (nSPS) is 33.7. The number of carbonyl (C=O) groups is 1. The number of nitrogens with zero attached hydrogens (tertiary/aromatic N) is 2. The van der Waals surface area contributed by atoms with Crippen LogP contribution in [0.15, 0.2) is 17.5 Å². The molecule has 178 valence electrons. The molecule has 1 saturated carbocycles. The van der Waals surface area contributed by atoms with E-state index in [2.05, 4.69) is 29.3 Å². The van der Waals surface area contributed by atoms with Crippen molar-refractivity contribution in [2.45, 2.75) is 89.2 Å². The third-order valence-corrected chi connectivity index (χ3v) is 10.5. The minimum absolute atomic E-state index is 0.00558. The van der Waals surface area contributed by atoms with Gasteiger partial charge in [-0.05, 0) is 56.6 Å². The van der Waals surface area contributed by atoms with Crippen molar-refractivity contribution in [1.82, 2.24) is 4.90 Å². The van der Waals surface area contributed by atoms with Crippen LogP contribution in [-0.2, 0) is 15.1 Å². The van der Waals surface area contributed by atoms with E-state index < -0.39 is 5.54 Å². The van der Waals surface area contributed by atoms with Gasteiger partial charge >= 0.3 is 5.97 Å². The number of piperidine rings is 4. The SMILES string of the molecule is CC(C(=O)O[C@@H]1C[N+]2(CCC3CCCCC3)CCC1CC2)(c1cccs1)N1CCCCC1. The number of ether oxygens (including phenoxy) is 1. The Hall–Kier alpha value is -0.910. The van der Waals surface area contributed by atoms with Crippen LogP contribution in [0, 0.1) is 11.8 Å². The van der Waals surface area contributed by atoms with Gasteiger partial charge < -0.3 is 9.22 Å². The van der Waals surface area contributed by atoms with E-state index in [-0.39, 0.29) is 12.1 Å². The summed E-state index contributed by atoms with van der Waals surface area (Å²) in [5.41, 5.74) is -0.631. The minimum atomic E-state index is -0.631. The summed E-state index contributed by atoms with van der Waals surface area (Å²) in [6, 6.07) is 4.21. The molecule has 0 N–H and O–H groups in total. The van der Waals surface area contributed by atoms with E-state index in [1.807, 2.05) is 0 Å². The smallest absolute Gasteiger partial charge is 0.332 e. The fourth-order valence-corrected chi connectivity index (χ4v) is 8.04. The maximum atomic E-state index is 13.9. The fraction of sp³-hybridized carbons (Fsp3) is 0.815. The highest BCUT2D eigenvalue weighted by molar-refractivity contribution is 7.10. The number of thiophene rings is 1. The molecule has 2 bridgehead atoms. The molecule has 0 spiro atoms. The van der Waals surface area contributed by atoms with Gasteiger partial charge in [-0.25, -0.2) is 4.79 Å². The Bertz CT molecular complexity index is 746. The van der Waals surface area contributed by atoms with E-state index in [1.54, 1.807) is 11.3 Å². The average Bonchev–Trinajstić information content (AvgIpc) is 3.40. The van der Waals surface area contributed by atoms with Crippen molar-refractivity contribution in [3.8, 4) is 0 Å². The molecule has 2 atom stereocenters. The third-order valence-electron chi connectivity index (χ3n) is 9.42. The lowest BCUT2D eigenvalue weighted by atomic mass is 9.81. The molecule has 6 rings (SSSR count). The van der Waals surface area contributed by atoms with Crippen molar-refractivity contribution in [2.75, 3.05) is 39.3 Å². The largest absolute Gasteiger partial charge is 0.454 e. The molecular weight excluding hydrogens is 416 g/mol. The maximum absolute atomic E-state index is 13.9. The van der Waals surface area contributed by atoms with Crippen LogP contribution in [0.5, 0.6) is 0 Å². The summed E-state index contributed by atoms with van der Waals surface area (Å²) in [6.45, 7) is 9.10. The summed E-state index contributed by atoms with van der Waals surface area (Å²) < 4.78 is 7.71. The highest BCUT2D eigenvalue weighted by Gasteiger charge is 2.51. The average molecular weight is 460 g/mol. The van der Waals surface area contributed by atoms with E-state index >= 15 is 0 Å². The Morgan fingerprint density at radius 3 is 2.50 bits per heavy atom. The summed E-state index contributed by atoms with van der Waals surface area (Å²) in [6.07, 6.45) is 14.8. The van der Waals surface area contributed by atoms with Gasteiger partial charge in [0.15, 0.2) is 11.6 Å². The topological polar surface area (TPSA) is 29.5 Å². The molecule has 1 aliphatic carbocycles. The number of rotatable bonds is 7. The zero-order valence-electron chi connectivity index (χ0n) is 20.1. The van der Waals surface area contributed by atoms with Crippen molar-refractivity contribution >= 4 is 17.3 Å². The molecule has 4 saturated heterocycles. The van der Waals surface area contributed by atoms with Gasteiger partial charge in [0.25, 0.3) is 0 Å². The van der Waals surface area contributed by atoms with Gasteiger partial charge in [0.1, 0.15) is 6.54 Å². The Morgan fingerprint density at radius 2 is 1.81 bits per heavy atom. The number of fused-ring (bicyclic) bond motifs is 3. The highest BCUT2D eigenvalue weighted by atomic mass is 32.1. The van der Waals surface area contributed by atoms with Crippen molar-refractivity contribution in [2.24, 2.45) is 11.8 Å². The van der Waals surface area contributed by atoms with Crippen LogP contribution in [0.1, 0.15) is 82.4 Å². The van der Waals surface area contributed by atoms with Crippen LogP contribution in [0.2, 0.25) is 0 Å². The number of carbonyl (C=O) groups excluding carboxylic acids is 1. The lowest BCUT2D eigenvalue weighted by Gasteiger charge is -2.53. The molecule has 1 aromatic rings. The van der Waals surface area contributed by atoms with E-state index in [0.717, 1.165) is 30.4 Å². The van der Waals surface area contributed by atoms with Gasteiger partial charge in [-0.3, -0.25) is 4.90 Å². The number of esters is 1. The van der Waals surface area contributed by atoms with Crippen LogP contribution < -0.4 is 0 Å². The first kappa shape index (κ1) is 22.9. The predicted octanol–water partition coefficient (Wildman–Crippen LogP) is 5.57. The second-order valence-electron chi connectivity index (χ2n) is 11.4. The van der Waals surface area contributed by atoms with Gasteiger partial charge in [-0.1, -0.05) is 44.6 Å². The first-order valence-electron chi connectivity index (χ1n) is 13.4. The molecule has 1 aromatic heterocycles. The standard InChI is InChI=1S/C27H43N2O2S/c1-27(25-11-8-20-32-25,28-15-6-3-7-16-28)26(30)31-24-21-29(18-13-23(24)14-19-29)17-12-22-9-4-2-5-10-22/h8,11,20,22-24H,2-7,9-10,12-19,21H2,1H3/q+1/t23?,24-,27?,29?/m1/s1. The second-order valence-corrected chi connectivity index (χ2v) is 12.3. The van der Waals surface area contributed by atoms with E-state index in [0.29, 0.717) is 5.92 Å². The van der Waals surface area contributed by atoms with Crippen LogP contribution >= 0.6 is 11.3 Å². The Balaban J connectivity index is 1.27. The van der Waals surface area contributed by atoms with Crippen LogP contribution in [-0.4, -0.2) is 60.7 Å². The molecule has 5 heteroatoms. The Labute approximate surface area is 198 Å². The van der Waals surface area contributed by atoms with Gasteiger partial charge in [-0.15, -0.1) is 11.3 Å². The van der Waals surface area contributed by atoms with Gasteiger partial charge in [0, 0.05) is 23.6 Å². The summed E-state index contributed by atoms with van der Waals surface area (Å²) >= 11 is 1.71. The van der Waals surface area contributed by atoms with E-state index in [9.17, 15) is 4.79 Å². The molecular formula is C27H43N2O2S+. The van der Waals surface area contributed by atoms with Crippen molar-refractivity contribution in [3.63, 3.8) is 0 Å². The van der Waals surface area contributed by atoms with Crippen LogP contribution in [0.4, 0.5) is 0 Å². The molecule has 32 heavy (non-hydrogen) atoms. The number of hydrogen-bond acceptors (Lipinski definition) is 4. The Morgan fingerprint density at radius 1 is 1.09 bits per heavy atom. The maximum Gasteiger partial charge on any atom is 0.332 e. The monoisotopic (exact) mass is 459 g/mol. The van der Waals surface area contributed by atoms with Gasteiger partial charge in [0.05, 0.1) is 19.6 Å². The van der Waals surface area contributed by atoms with Gasteiger partial charge in [-0.2, -0.15) is 0 Å². The van der Waals surface area contributed by atoms with Crippen LogP contribution in [0.3, 0.4) is 0 Å². The molecule has 4 nitrogen and oxygen atoms in total.